The van der Waals surface area contributed by atoms with Crippen molar-refractivity contribution < 1.29 is 35.8 Å². The minimum Gasteiger partial charge on any atom is -0.481 e. The first kappa shape index (κ1) is 20.1. The van der Waals surface area contributed by atoms with Crippen molar-refractivity contribution in [1.82, 2.24) is 4.98 Å². The summed E-state index contributed by atoms with van der Waals surface area (Å²) in [6.45, 7) is 0. The lowest BCUT2D eigenvalue weighted by Gasteiger charge is -2.16. The molecule has 2 rings (SSSR count). The Morgan fingerprint density at radius 3 is 2.38 bits per heavy atom. The molecule has 1 heterocycles. The van der Waals surface area contributed by atoms with Crippen LogP contribution in [0.2, 0.25) is 0 Å². The number of sulfonamides is 1. The molecule has 0 amide bonds. The highest BCUT2D eigenvalue weighted by Gasteiger charge is 2.34. The zero-order chi connectivity index (χ0) is 19.5. The third kappa shape index (κ3) is 4.91. The SMILES string of the molecule is COc1ccc(NS(=O)(=O)c2ccc(Br)cc2OC(F)(F)F)c(OC)n1. The van der Waals surface area contributed by atoms with E-state index in [9.17, 15) is 21.6 Å². The van der Waals surface area contributed by atoms with Gasteiger partial charge in [-0.1, -0.05) is 15.9 Å². The molecule has 0 unspecified atom stereocenters. The normalized spacial score (nSPS) is 11.8. The quantitative estimate of drug-likeness (QED) is 0.714. The number of pyridine rings is 1. The molecular weight excluding hydrogens is 445 g/mol. The Labute approximate surface area is 155 Å². The van der Waals surface area contributed by atoms with E-state index in [0.717, 1.165) is 12.1 Å². The van der Waals surface area contributed by atoms with Crippen molar-refractivity contribution >= 4 is 31.6 Å². The van der Waals surface area contributed by atoms with Gasteiger partial charge in [0, 0.05) is 10.5 Å². The second-order valence-corrected chi connectivity index (χ2v) is 7.22. The molecule has 7 nitrogen and oxygen atoms in total. The molecule has 0 aliphatic rings. The Kier molecular flexibility index (Phi) is 5.86. The molecule has 26 heavy (non-hydrogen) atoms. The summed E-state index contributed by atoms with van der Waals surface area (Å²) in [5.41, 5.74) is -0.0887. The number of benzene rings is 1. The first-order valence-corrected chi connectivity index (χ1v) is 9.00. The summed E-state index contributed by atoms with van der Waals surface area (Å²) in [6.07, 6.45) is -5.07. The molecule has 2 aromatic rings. The Morgan fingerprint density at radius 2 is 1.81 bits per heavy atom. The van der Waals surface area contributed by atoms with Crippen molar-refractivity contribution in [3.63, 3.8) is 0 Å². The van der Waals surface area contributed by atoms with E-state index in [-0.39, 0.29) is 21.9 Å². The maximum absolute atomic E-state index is 12.6. The average Bonchev–Trinajstić information content (AvgIpc) is 2.53. The number of halogens is 4. The van der Waals surface area contributed by atoms with Crippen molar-refractivity contribution in [2.45, 2.75) is 11.3 Å². The number of hydrogen-bond donors (Lipinski definition) is 1. The van der Waals surface area contributed by atoms with Gasteiger partial charge < -0.3 is 14.2 Å². The highest BCUT2D eigenvalue weighted by molar-refractivity contribution is 9.10. The van der Waals surface area contributed by atoms with Gasteiger partial charge in [-0.15, -0.1) is 13.2 Å². The Bertz CT molecular complexity index is 906. The van der Waals surface area contributed by atoms with Crippen LogP contribution in [-0.4, -0.2) is 34.0 Å². The summed E-state index contributed by atoms with van der Waals surface area (Å²) in [5.74, 6) is -0.849. The van der Waals surface area contributed by atoms with Crippen LogP contribution >= 0.6 is 15.9 Å². The van der Waals surface area contributed by atoms with Gasteiger partial charge in [-0.3, -0.25) is 4.72 Å². The summed E-state index contributed by atoms with van der Waals surface area (Å²) in [4.78, 5) is 3.18. The summed E-state index contributed by atoms with van der Waals surface area (Å²) in [5, 5.41) is 0. The monoisotopic (exact) mass is 456 g/mol. The number of aromatic nitrogens is 1. The molecule has 0 aliphatic carbocycles. The standard InChI is InChI=1S/C14H12BrF3N2O5S/c1-23-12-6-4-9(13(19-12)24-2)20-26(21,22)11-5-3-8(15)7-10(11)25-14(16,17)18/h3-7,20H,1-2H3. The van der Waals surface area contributed by atoms with Crippen LogP contribution in [0.5, 0.6) is 17.5 Å². The highest BCUT2D eigenvalue weighted by atomic mass is 79.9. The molecule has 0 spiro atoms. The fourth-order valence-electron chi connectivity index (χ4n) is 1.88. The van der Waals surface area contributed by atoms with Crippen molar-refractivity contribution in [2.24, 2.45) is 0 Å². The van der Waals surface area contributed by atoms with Gasteiger partial charge >= 0.3 is 6.36 Å². The summed E-state index contributed by atoms with van der Waals surface area (Å²) in [7, 11) is -1.84. The maximum Gasteiger partial charge on any atom is 0.573 e. The molecule has 0 fully saturated rings. The van der Waals surface area contributed by atoms with Crippen molar-refractivity contribution in [1.29, 1.82) is 0 Å². The zero-order valence-corrected chi connectivity index (χ0v) is 15.7. The number of hydrogen-bond acceptors (Lipinski definition) is 6. The Balaban J connectivity index is 2.46. The third-order valence-electron chi connectivity index (χ3n) is 2.90. The number of rotatable bonds is 6. The zero-order valence-electron chi connectivity index (χ0n) is 13.3. The van der Waals surface area contributed by atoms with Crippen LogP contribution in [0, 0.1) is 0 Å². The van der Waals surface area contributed by atoms with Crippen LogP contribution in [0.15, 0.2) is 39.7 Å². The molecule has 1 aromatic carbocycles. The van der Waals surface area contributed by atoms with Crippen molar-refractivity contribution in [3.8, 4) is 17.5 Å². The smallest absolute Gasteiger partial charge is 0.481 e. The summed E-state index contributed by atoms with van der Waals surface area (Å²) in [6, 6.07) is 5.78. The van der Waals surface area contributed by atoms with Gasteiger partial charge in [0.25, 0.3) is 10.0 Å². The predicted octanol–water partition coefficient (Wildman–Crippen LogP) is 3.56. The van der Waals surface area contributed by atoms with E-state index < -0.39 is 27.0 Å². The summed E-state index contributed by atoms with van der Waals surface area (Å²) >= 11 is 2.97. The van der Waals surface area contributed by atoms with Crippen LogP contribution in [-0.2, 0) is 10.0 Å². The average molecular weight is 457 g/mol. The molecule has 0 radical (unpaired) electrons. The minimum atomic E-state index is -5.07. The fraction of sp³-hybridized carbons (Fsp3) is 0.214. The van der Waals surface area contributed by atoms with E-state index in [1.54, 1.807) is 0 Å². The Morgan fingerprint density at radius 1 is 1.12 bits per heavy atom. The molecule has 0 atom stereocenters. The molecule has 0 aliphatic heterocycles. The number of anilines is 1. The molecule has 0 bridgehead atoms. The van der Waals surface area contributed by atoms with Gasteiger partial charge in [0.2, 0.25) is 11.8 Å². The summed E-state index contributed by atoms with van der Waals surface area (Å²) < 4.78 is 78.8. The topological polar surface area (TPSA) is 86.8 Å². The molecule has 0 saturated heterocycles. The lowest BCUT2D eigenvalue weighted by atomic mass is 10.3. The van der Waals surface area contributed by atoms with Gasteiger partial charge in [-0.25, -0.2) is 8.42 Å². The van der Waals surface area contributed by atoms with Crippen LogP contribution in [0.25, 0.3) is 0 Å². The second-order valence-electron chi connectivity index (χ2n) is 4.65. The number of nitrogens with zero attached hydrogens (tertiary/aromatic N) is 1. The van der Waals surface area contributed by atoms with Crippen LogP contribution in [0.1, 0.15) is 0 Å². The van der Waals surface area contributed by atoms with Crippen LogP contribution < -0.4 is 18.9 Å². The van der Waals surface area contributed by atoms with E-state index in [1.165, 1.54) is 32.4 Å². The van der Waals surface area contributed by atoms with Crippen molar-refractivity contribution in [3.05, 3.63) is 34.8 Å². The van der Waals surface area contributed by atoms with Gasteiger partial charge in [0.1, 0.15) is 10.6 Å². The molecule has 1 N–H and O–H groups in total. The van der Waals surface area contributed by atoms with Gasteiger partial charge in [-0.05, 0) is 24.3 Å². The minimum absolute atomic E-state index is 0.0887. The Hall–Kier alpha value is -2.21. The molecular formula is C14H12BrF3N2O5S. The van der Waals surface area contributed by atoms with Crippen molar-refractivity contribution in [2.75, 3.05) is 18.9 Å². The predicted molar refractivity (Wildman–Crippen MR) is 89.0 cm³/mol. The number of alkyl halides is 3. The van der Waals surface area contributed by atoms with E-state index >= 15 is 0 Å². The molecule has 1 aromatic heterocycles. The van der Waals surface area contributed by atoms with E-state index in [1.807, 2.05) is 0 Å². The van der Waals surface area contributed by atoms with E-state index in [0.29, 0.717) is 0 Å². The number of methoxy groups -OCH3 is 2. The fourth-order valence-corrected chi connectivity index (χ4v) is 3.39. The lowest BCUT2D eigenvalue weighted by Crippen LogP contribution is -2.21. The van der Waals surface area contributed by atoms with Gasteiger partial charge in [0.15, 0.2) is 5.75 Å². The van der Waals surface area contributed by atoms with E-state index in [2.05, 4.69) is 30.4 Å². The van der Waals surface area contributed by atoms with Crippen LogP contribution in [0.4, 0.5) is 18.9 Å². The molecule has 142 valence electrons. The van der Waals surface area contributed by atoms with Crippen LogP contribution in [0.3, 0.4) is 0 Å². The van der Waals surface area contributed by atoms with Gasteiger partial charge in [0.05, 0.1) is 14.2 Å². The lowest BCUT2D eigenvalue weighted by molar-refractivity contribution is -0.275. The largest absolute Gasteiger partial charge is 0.573 e. The molecule has 12 heteroatoms. The van der Waals surface area contributed by atoms with Gasteiger partial charge in [-0.2, -0.15) is 4.98 Å². The first-order chi connectivity index (χ1) is 12.1. The number of nitrogens with one attached hydrogen (secondary N) is 1. The number of ether oxygens (including phenoxy) is 3. The van der Waals surface area contributed by atoms with E-state index in [4.69, 9.17) is 9.47 Å². The highest BCUT2D eigenvalue weighted by Crippen LogP contribution is 2.34. The first-order valence-electron chi connectivity index (χ1n) is 6.73. The maximum atomic E-state index is 12.6. The third-order valence-corrected chi connectivity index (χ3v) is 4.80. The second kappa shape index (κ2) is 7.58. The molecule has 0 saturated carbocycles.